The second-order valence-electron chi connectivity index (χ2n) is 4.36. The van der Waals surface area contributed by atoms with Gasteiger partial charge >= 0.3 is 18.0 Å². The van der Waals surface area contributed by atoms with E-state index in [9.17, 15) is 14.4 Å². The number of hydrogen-bond acceptors (Lipinski definition) is 6. The van der Waals surface area contributed by atoms with Crippen molar-refractivity contribution in [1.29, 1.82) is 0 Å². The lowest BCUT2D eigenvalue weighted by Gasteiger charge is -2.26. The molecule has 0 fully saturated rings. The fraction of sp³-hybridized carbons (Fsp3) is 0.615. The molecule has 2 N–H and O–H groups in total. The number of likely N-dealkylation sites (N-methyl/N-ethyl adjacent to an activating group) is 1. The average Bonchev–Trinajstić information content (AvgIpc) is 2.46. The van der Waals surface area contributed by atoms with Crippen molar-refractivity contribution in [3.8, 4) is 0 Å². The topological polar surface area (TPSA) is 97.0 Å². The van der Waals surface area contributed by atoms with Gasteiger partial charge in [-0.3, -0.25) is 9.69 Å². The molecule has 0 saturated carbocycles. The maximum Gasteiger partial charge on any atom is 0.337 e. The van der Waals surface area contributed by atoms with Crippen LogP contribution in [0.25, 0.3) is 0 Å². The standard InChI is InChI=1S/C13H21N3O5/c1-4-16(8-11(17)20-3)7-10-9(12(18)21-5-2)6-14-13(19)15-10/h4-8H2,1-3H3,(H2,14,15,19). The number of amides is 2. The Morgan fingerprint density at radius 3 is 2.62 bits per heavy atom. The van der Waals surface area contributed by atoms with Crippen LogP contribution in [0.15, 0.2) is 11.3 Å². The van der Waals surface area contributed by atoms with Crippen LogP contribution in [0.5, 0.6) is 0 Å². The number of nitrogens with zero attached hydrogens (tertiary/aromatic N) is 1. The molecule has 0 aromatic heterocycles. The fourth-order valence-electron chi connectivity index (χ4n) is 1.83. The molecular formula is C13H21N3O5. The van der Waals surface area contributed by atoms with Gasteiger partial charge in [0.2, 0.25) is 0 Å². The minimum Gasteiger partial charge on any atom is -0.468 e. The molecule has 21 heavy (non-hydrogen) atoms. The first-order chi connectivity index (χ1) is 10.0. The Bertz CT molecular complexity index is 447. The molecule has 1 rings (SSSR count). The molecule has 0 aromatic rings. The maximum atomic E-state index is 11.9. The van der Waals surface area contributed by atoms with E-state index in [0.29, 0.717) is 17.8 Å². The fourth-order valence-corrected chi connectivity index (χ4v) is 1.83. The van der Waals surface area contributed by atoms with Crippen molar-refractivity contribution in [2.75, 3.05) is 39.9 Å². The third-order valence-corrected chi connectivity index (χ3v) is 2.99. The van der Waals surface area contributed by atoms with Crippen LogP contribution >= 0.6 is 0 Å². The molecular weight excluding hydrogens is 278 g/mol. The van der Waals surface area contributed by atoms with Crippen molar-refractivity contribution >= 4 is 18.0 Å². The summed E-state index contributed by atoms with van der Waals surface area (Å²) in [5.74, 6) is -0.857. The molecule has 118 valence electrons. The molecule has 0 aliphatic carbocycles. The van der Waals surface area contributed by atoms with Crippen LogP contribution < -0.4 is 10.6 Å². The number of hydrogen-bond donors (Lipinski definition) is 2. The van der Waals surface area contributed by atoms with Gasteiger partial charge in [0, 0.05) is 12.2 Å². The lowest BCUT2D eigenvalue weighted by atomic mass is 10.1. The Labute approximate surface area is 123 Å². The molecule has 0 atom stereocenters. The van der Waals surface area contributed by atoms with Gasteiger partial charge in [-0.25, -0.2) is 9.59 Å². The molecule has 0 aromatic carbocycles. The van der Waals surface area contributed by atoms with Gasteiger partial charge in [0.1, 0.15) is 0 Å². The first-order valence-corrected chi connectivity index (χ1v) is 6.74. The van der Waals surface area contributed by atoms with E-state index in [-0.39, 0.29) is 38.2 Å². The van der Waals surface area contributed by atoms with Gasteiger partial charge in [0.25, 0.3) is 0 Å². The van der Waals surface area contributed by atoms with Crippen LogP contribution in [0.4, 0.5) is 4.79 Å². The molecule has 2 amide bonds. The van der Waals surface area contributed by atoms with Gasteiger partial charge < -0.3 is 20.1 Å². The summed E-state index contributed by atoms with van der Waals surface area (Å²) >= 11 is 0. The van der Waals surface area contributed by atoms with Crippen LogP contribution in [0.2, 0.25) is 0 Å². The second kappa shape index (κ2) is 8.25. The lowest BCUT2D eigenvalue weighted by molar-refractivity contribution is -0.141. The van der Waals surface area contributed by atoms with E-state index < -0.39 is 5.97 Å². The summed E-state index contributed by atoms with van der Waals surface area (Å²) in [6, 6.07) is -0.382. The van der Waals surface area contributed by atoms with Crippen LogP contribution in [0.1, 0.15) is 13.8 Å². The minimum absolute atomic E-state index is 0.0793. The molecule has 0 unspecified atom stereocenters. The third kappa shape index (κ3) is 5.07. The largest absolute Gasteiger partial charge is 0.468 e. The number of rotatable bonds is 7. The predicted octanol–water partition coefficient (Wildman–Crippen LogP) is -0.389. The Balaban J connectivity index is 2.87. The lowest BCUT2D eigenvalue weighted by Crippen LogP contribution is -2.47. The van der Waals surface area contributed by atoms with Crippen molar-refractivity contribution in [2.45, 2.75) is 13.8 Å². The number of urea groups is 1. The summed E-state index contributed by atoms with van der Waals surface area (Å²) in [6.45, 7) is 4.85. The first-order valence-electron chi connectivity index (χ1n) is 6.74. The van der Waals surface area contributed by atoms with Crippen molar-refractivity contribution in [1.82, 2.24) is 15.5 Å². The van der Waals surface area contributed by atoms with Crippen LogP contribution in [-0.4, -0.2) is 62.8 Å². The smallest absolute Gasteiger partial charge is 0.337 e. The highest BCUT2D eigenvalue weighted by Crippen LogP contribution is 2.10. The zero-order chi connectivity index (χ0) is 15.8. The molecule has 0 bridgehead atoms. The van der Waals surface area contributed by atoms with Gasteiger partial charge in [-0.1, -0.05) is 6.92 Å². The maximum absolute atomic E-state index is 11.9. The molecule has 1 aliphatic heterocycles. The Morgan fingerprint density at radius 1 is 1.33 bits per heavy atom. The van der Waals surface area contributed by atoms with Crippen molar-refractivity contribution < 1.29 is 23.9 Å². The van der Waals surface area contributed by atoms with Crippen LogP contribution in [-0.2, 0) is 19.1 Å². The van der Waals surface area contributed by atoms with Gasteiger partial charge in [0.05, 0.1) is 32.4 Å². The molecule has 8 heteroatoms. The normalized spacial score (nSPS) is 14.6. The minimum atomic E-state index is -0.478. The summed E-state index contributed by atoms with van der Waals surface area (Å²) in [5, 5.41) is 5.12. The molecule has 8 nitrogen and oxygen atoms in total. The predicted molar refractivity (Wildman–Crippen MR) is 74.3 cm³/mol. The zero-order valence-corrected chi connectivity index (χ0v) is 12.5. The van der Waals surface area contributed by atoms with Crippen LogP contribution in [0, 0.1) is 0 Å². The number of nitrogens with one attached hydrogen (secondary N) is 2. The quantitative estimate of drug-likeness (QED) is 0.622. The van der Waals surface area contributed by atoms with E-state index in [0.717, 1.165) is 0 Å². The number of carbonyl (C=O) groups excluding carboxylic acids is 3. The highest BCUT2D eigenvalue weighted by Gasteiger charge is 2.25. The molecule has 0 radical (unpaired) electrons. The van der Waals surface area contributed by atoms with Gasteiger partial charge in [-0.2, -0.15) is 0 Å². The summed E-state index contributed by atoms with van der Waals surface area (Å²) < 4.78 is 9.58. The average molecular weight is 299 g/mol. The van der Waals surface area contributed by atoms with E-state index in [2.05, 4.69) is 15.4 Å². The summed E-state index contributed by atoms with van der Waals surface area (Å²) in [6.07, 6.45) is 0. The van der Waals surface area contributed by atoms with E-state index in [4.69, 9.17) is 4.74 Å². The van der Waals surface area contributed by atoms with E-state index in [1.165, 1.54) is 7.11 Å². The highest BCUT2D eigenvalue weighted by atomic mass is 16.5. The SMILES string of the molecule is CCOC(=O)C1=C(CN(CC)CC(=O)OC)NC(=O)NC1. The second-order valence-corrected chi connectivity index (χ2v) is 4.36. The van der Waals surface area contributed by atoms with Gasteiger partial charge in [-0.15, -0.1) is 0 Å². The monoisotopic (exact) mass is 299 g/mol. The van der Waals surface area contributed by atoms with E-state index >= 15 is 0 Å². The van der Waals surface area contributed by atoms with Crippen molar-refractivity contribution in [2.24, 2.45) is 0 Å². The number of esters is 2. The number of methoxy groups -OCH3 is 1. The van der Waals surface area contributed by atoms with E-state index in [1.807, 2.05) is 6.92 Å². The van der Waals surface area contributed by atoms with Gasteiger partial charge in [-0.05, 0) is 13.5 Å². The number of carbonyl (C=O) groups is 3. The Morgan fingerprint density at radius 2 is 2.05 bits per heavy atom. The highest BCUT2D eigenvalue weighted by molar-refractivity contribution is 5.93. The van der Waals surface area contributed by atoms with Crippen molar-refractivity contribution in [3.63, 3.8) is 0 Å². The number of ether oxygens (including phenoxy) is 2. The first kappa shape index (κ1) is 17.0. The molecule has 1 heterocycles. The molecule has 0 saturated heterocycles. The third-order valence-electron chi connectivity index (χ3n) is 2.99. The van der Waals surface area contributed by atoms with E-state index in [1.54, 1.807) is 11.8 Å². The molecule has 0 spiro atoms. The molecule has 1 aliphatic rings. The zero-order valence-electron chi connectivity index (χ0n) is 12.5. The Kier molecular flexibility index (Phi) is 6.67. The van der Waals surface area contributed by atoms with Crippen LogP contribution in [0.3, 0.4) is 0 Å². The summed E-state index contributed by atoms with van der Waals surface area (Å²) in [5.41, 5.74) is 0.808. The Hall–Kier alpha value is -2.09. The summed E-state index contributed by atoms with van der Waals surface area (Å²) in [7, 11) is 1.31. The van der Waals surface area contributed by atoms with Gasteiger partial charge in [0.15, 0.2) is 0 Å². The summed E-state index contributed by atoms with van der Waals surface area (Å²) in [4.78, 5) is 36.4. The van der Waals surface area contributed by atoms with Crippen molar-refractivity contribution in [3.05, 3.63) is 11.3 Å².